The topological polar surface area (TPSA) is 49.6 Å². The van der Waals surface area contributed by atoms with Gasteiger partial charge in [0.2, 0.25) is 5.91 Å². The van der Waals surface area contributed by atoms with Gasteiger partial charge in [0.15, 0.2) is 0 Å². The van der Waals surface area contributed by atoms with E-state index < -0.39 is 0 Å². The number of rotatable bonds is 5. The van der Waals surface area contributed by atoms with E-state index in [-0.39, 0.29) is 18.0 Å². The lowest BCUT2D eigenvalue weighted by atomic mass is 9.72. The molecular formula is C16H33N3O. The first-order valence-electron chi connectivity index (χ1n) is 7.98. The second-order valence-electron chi connectivity index (χ2n) is 6.93. The molecule has 1 rings (SSSR count). The quantitative estimate of drug-likeness (QED) is 0.837. The van der Waals surface area contributed by atoms with E-state index in [1.165, 1.54) is 0 Å². The van der Waals surface area contributed by atoms with Crippen LogP contribution in [0.2, 0.25) is 0 Å². The molecule has 1 amide bonds. The zero-order valence-electron chi connectivity index (χ0n) is 14.1. The molecule has 0 aromatic carbocycles. The summed E-state index contributed by atoms with van der Waals surface area (Å²) >= 11 is 0. The van der Waals surface area contributed by atoms with E-state index in [9.17, 15) is 4.79 Å². The molecule has 0 radical (unpaired) electrons. The summed E-state index contributed by atoms with van der Waals surface area (Å²) < 4.78 is 0. The number of carbonyl (C=O) groups is 1. The van der Waals surface area contributed by atoms with Gasteiger partial charge in [-0.3, -0.25) is 4.79 Å². The minimum absolute atomic E-state index is 0.103. The fraction of sp³-hybridized carbons (Fsp3) is 0.938. The summed E-state index contributed by atoms with van der Waals surface area (Å²) in [7, 11) is 4.10. The lowest BCUT2D eigenvalue weighted by Crippen LogP contribution is -2.50. The Hall–Kier alpha value is -0.610. The number of amides is 1. The van der Waals surface area contributed by atoms with Gasteiger partial charge in [0.1, 0.15) is 0 Å². The van der Waals surface area contributed by atoms with E-state index in [0.29, 0.717) is 17.7 Å². The molecule has 0 heterocycles. The van der Waals surface area contributed by atoms with E-state index in [2.05, 4.69) is 46.7 Å². The van der Waals surface area contributed by atoms with Crippen molar-refractivity contribution >= 4 is 5.91 Å². The molecule has 0 bridgehead atoms. The van der Waals surface area contributed by atoms with Gasteiger partial charge in [-0.15, -0.1) is 0 Å². The van der Waals surface area contributed by atoms with Crippen molar-refractivity contribution in [3.05, 3.63) is 0 Å². The molecule has 118 valence electrons. The number of nitrogens with two attached hydrogens (primary N) is 1. The van der Waals surface area contributed by atoms with Gasteiger partial charge in [-0.25, -0.2) is 0 Å². The van der Waals surface area contributed by atoms with Crippen molar-refractivity contribution in [2.75, 3.05) is 27.2 Å². The fourth-order valence-electron chi connectivity index (χ4n) is 3.55. The van der Waals surface area contributed by atoms with Crippen LogP contribution >= 0.6 is 0 Å². The van der Waals surface area contributed by atoms with Crippen LogP contribution in [0.25, 0.3) is 0 Å². The molecule has 1 saturated carbocycles. The van der Waals surface area contributed by atoms with Crippen molar-refractivity contribution in [1.29, 1.82) is 0 Å². The van der Waals surface area contributed by atoms with Crippen molar-refractivity contribution in [2.24, 2.45) is 23.5 Å². The summed E-state index contributed by atoms with van der Waals surface area (Å²) in [5, 5.41) is 0. The van der Waals surface area contributed by atoms with Gasteiger partial charge in [0, 0.05) is 31.1 Å². The van der Waals surface area contributed by atoms with Gasteiger partial charge in [-0.2, -0.15) is 0 Å². The minimum atomic E-state index is 0.103. The third-order valence-corrected chi connectivity index (χ3v) is 4.79. The normalized spacial score (nSPS) is 32.2. The molecule has 20 heavy (non-hydrogen) atoms. The molecule has 5 unspecified atom stereocenters. The van der Waals surface area contributed by atoms with Gasteiger partial charge in [-0.05, 0) is 52.6 Å². The Labute approximate surface area is 124 Å². The Balaban J connectivity index is 2.75. The van der Waals surface area contributed by atoms with Crippen LogP contribution in [0, 0.1) is 17.8 Å². The third-order valence-electron chi connectivity index (χ3n) is 4.79. The van der Waals surface area contributed by atoms with Gasteiger partial charge in [-0.1, -0.05) is 13.8 Å². The Morgan fingerprint density at radius 1 is 1.25 bits per heavy atom. The molecule has 4 heteroatoms. The zero-order valence-corrected chi connectivity index (χ0v) is 14.1. The Bertz CT molecular complexity index is 319. The number of nitrogens with zero attached hydrogens (tertiary/aromatic N) is 2. The van der Waals surface area contributed by atoms with Gasteiger partial charge in [0.05, 0.1) is 0 Å². The largest absolute Gasteiger partial charge is 0.339 e. The molecule has 1 fully saturated rings. The van der Waals surface area contributed by atoms with Gasteiger partial charge >= 0.3 is 0 Å². The van der Waals surface area contributed by atoms with Crippen molar-refractivity contribution in [2.45, 2.75) is 52.6 Å². The van der Waals surface area contributed by atoms with Crippen LogP contribution in [0.3, 0.4) is 0 Å². The SMILES string of the molecule is CCN(C(=O)C1CC(N)C(C)CC1C)C(C)CN(C)C. The highest BCUT2D eigenvalue weighted by atomic mass is 16.2. The molecule has 2 N–H and O–H groups in total. The molecule has 0 aromatic rings. The van der Waals surface area contributed by atoms with Crippen LogP contribution in [-0.2, 0) is 4.79 Å². The maximum atomic E-state index is 12.9. The molecule has 4 nitrogen and oxygen atoms in total. The lowest BCUT2D eigenvalue weighted by Gasteiger charge is -2.40. The van der Waals surface area contributed by atoms with Crippen LogP contribution in [0.5, 0.6) is 0 Å². The van der Waals surface area contributed by atoms with Crippen LogP contribution < -0.4 is 5.73 Å². The first kappa shape index (κ1) is 17.4. The predicted molar refractivity (Wildman–Crippen MR) is 84.4 cm³/mol. The van der Waals surface area contributed by atoms with Gasteiger partial charge < -0.3 is 15.5 Å². The molecule has 0 aromatic heterocycles. The highest BCUT2D eigenvalue weighted by Gasteiger charge is 2.37. The summed E-state index contributed by atoms with van der Waals surface area (Å²) in [6.07, 6.45) is 1.91. The second-order valence-corrected chi connectivity index (χ2v) is 6.93. The highest BCUT2D eigenvalue weighted by molar-refractivity contribution is 5.79. The smallest absolute Gasteiger partial charge is 0.226 e. The van der Waals surface area contributed by atoms with Crippen LogP contribution in [0.4, 0.5) is 0 Å². The maximum Gasteiger partial charge on any atom is 0.226 e. The van der Waals surface area contributed by atoms with E-state index in [4.69, 9.17) is 5.73 Å². The van der Waals surface area contributed by atoms with Gasteiger partial charge in [0.25, 0.3) is 0 Å². The maximum absolute atomic E-state index is 12.9. The van der Waals surface area contributed by atoms with Crippen LogP contribution in [-0.4, -0.2) is 55.0 Å². The number of likely N-dealkylation sites (N-methyl/N-ethyl adjacent to an activating group) is 2. The summed E-state index contributed by atoms with van der Waals surface area (Å²) in [4.78, 5) is 17.0. The van der Waals surface area contributed by atoms with Crippen molar-refractivity contribution in [1.82, 2.24) is 9.80 Å². The highest BCUT2D eigenvalue weighted by Crippen LogP contribution is 2.34. The van der Waals surface area contributed by atoms with Crippen molar-refractivity contribution in [3.63, 3.8) is 0 Å². The minimum Gasteiger partial charge on any atom is -0.339 e. The third kappa shape index (κ3) is 4.19. The molecule has 0 saturated heterocycles. The Kier molecular flexibility index (Phi) is 6.46. The molecule has 1 aliphatic rings. The van der Waals surface area contributed by atoms with E-state index in [1.54, 1.807) is 0 Å². The molecule has 1 aliphatic carbocycles. The summed E-state index contributed by atoms with van der Waals surface area (Å²) in [5.41, 5.74) is 6.19. The molecular weight excluding hydrogens is 250 g/mol. The van der Waals surface area contributed by atoms with Crippen molar-refractivity contribution < 1.29 is 4.79 Å². The Morgan fingerprint density at radius 3 is 2.35 bits per heavy atom. The first-order valence-corrected chi connectivity index (χ1v) is 7.98. The summed E-state index contributed by atoms with van der Waals surface area (Å²) in [6, 6.07) is 0.424. The average molecular weight is 283 g/mol. The van der Waals surface area contributed by atoms with E-state index in [1.807, 2.05) is 4.90 Å². The summed E-state index contributed by atoms with van der Waals surface area (Å²) in [6.45, 7) is 10.3. The molecule has 5 atom stereocenters. The first-order chi connectivity index (χ1) is 9.27. The van der Waals surface area contributed by atoms with Crippen molar-refractivity contribution in [3.8, 4) is 0 Å². The molecule has 0 aliphatic heterocycles. The number of hydrogen-bond acceptors (Lipinski definition) is 3. The van der Waals surface area contributed by atoms with Crippen LogP contribution in [0.1, 0.15) is 40.5 Å². The lowest BCUT2D eigenvalue weighted by molar-refractivity contribution is -0.141. The monoisotopic (exact) mass is 283 g/mol. The van der Waals surface area contributed by atoms with E-state index in [0.717, 1.165) is 25.9 Å². The average Bonchev–Trinajstić information content (AvgIpc) is 2.33. The van der Waals surface area contributed by atoms with Crippen LogP contribution in [0.15, 0.2) is 0 Å². The zero-order chi connectivity index (χ0) is 15.4. The number of hydrogen-bond donors (Lipinski definition) is 1. The summed E-state index contributed by atoms with van der Waals surface area (Å²) in [5.74, 6) is 1.38. The number of carbonyl (C=O) groups excluding carboxylic acids is 1. The Morgan fingerprint density at radius 2 is 1.85 bits per heavy atom. The predicted octanol–water partition coefficient (Wildman–Crippen LogP) is 1.79. The van der Waals surface area contributed by atoms with E-state index >= 15 is 0 Å². The fourth-order valence-corrected chi connectivity index (χ4v) is 3.55. The standard InChI is InChI=1S/C16H33N3O/c1-7-19(13(4)10-18(5)6)16(20)14-9-15(17)12(3)8-11(14)2/h11-15H,7-10,17H2,1-6H3. The second kappa shape index (κ2) is 7.41. The molecule has 0 spiro atoms.